The highest BCUT2D eigenvalue weighted by atomic mass is 15.1. The van der Waals surface area contributed by atoms with Gasteiger partial charge in [0.2, 0.25) is 0 Å². The van der Waals surface area contributed by atoms with Crippen molar-refractivity contribution in [3.63, 3.8) is 0 Å². The van der Waals surface area contributed by atoms with Crippen LogP contribution >= 0.6 is 0 Å². The lowest BCUT2D eigenvalue weighted by Crippen LogP contribution is -2.15. The van der Waals surface area contributed by atoms with E-state index in [1.54, 1.807) is 0 Å². The van der Waals surface area contributed by atoms with Crippen LogP contribution in [0, 0.1) is 0 Å². The number of para-hydroxylation sites is 1. The van der Waals surface area contributed by atoms with Crippen molar-refractivity contribution in [2.24, 2.45) is 0 Å². The zero-order valence-corrected chi connectivity index (χ0v) is 35.0. The first-order valence-electron chi connectivity index (χ1n) is 21.3. The molecule has 10 aromatic rings. The second kappa shape index (κ2) is 16.6. The molecule has 0 aromatic heterocycles. The largest absolute Gasteiger partial charge is 0.310 e. The maximum atomic E-state index is 4.24. The first-order valence-corrected chi connectivity index (χ1v) is 21.3. The molecule has 2 nitrogen and oxygen atoms in total. The van der Waals surface area contributed by atoms with Crippen molar-refractivity contribution in [1.82, 2.24) is 0 Å². The average molecular weight is 795 g/mol. The van der Waals surface area contributed by atoms with Crippen LogP contribution in [-0.4, -0.2) is 0 Å². The molecule has 0 N–H and O–H groups in total. The van der Waals surface area contributed by atoms with Gasteiger partial charge in [0.15, 0.2) is 0 Å². The van der Waals surface area contributed by atoms with Gasteiger partial charge in [-0.3, -0.25) is 0 Å². The third-order valence-corrected chi connectivity index (χ3v) is 11.7. The van der Waals surface area contributed by atoms with E-state index in [9.17, 15) is 0 Å². The summed E-state index contributed by atoms with van der Waals surface area (Å²) in [5, 5.41) is 9.77. The van der Waals surface area contributed by atoms with E-state index in [4.69, 9.17) is 0 Å². The Balaban J connectivity index is 1.08. The first-order chi connectivity index (χ1) is 30.5. The number of allylic oxidation sites excluding steroid dienone is 4. The number of hydrogen-bond acceptors (Lipinski definition) is 2. The molecule has 0 heterocycles. The molecule has 0 aliphatic heterocycles. The highest BCUT2D eigenvalue weighted by molar-refractivity contribution is 6.21. The standard InChI is InChI=1S/C60H46N2/c1-4-16-52(39-42(2)3)62(54-38-28-44-18-9-11-20-48(44)41-54)51-35-31-46(32-36-51)60-57-25-14-12-23-55(57)59(56-24-13-15-26-58(56)60)45-29-33-50(34-30-45)61(49-21-6-5-7-22-49)53-37-27-43-17-8-10-19-47(43)40-53/h4-41H,2H2,1,3H3. The summed E-state index contributed by atoms with van der Waals surface area (Å²) in [6, 6.07) is 77.1. The predicted octanol–water partition coefficient (Wildman–Crippen LogP) is 17.3. The summed E-state index contributed by atoms with van der Waals surface area (Å²) < 4.78 is 0. The molecule has 0 bridgehead atoms. The molecule has 10 rings (SSSR count). The molecule has 0 radical (unpaired) electrons. The second-order valence-corrected chi connectivity index (χ2v) is 15.9. The van der Waals surface area contributed by atoms with Gasteiger partial charge in [0.25, 0.3) is 0 Å². The zero-order valence-electron chi connectivity index (χ0n) is 35.0. The fourth-order valence-corrected chi connectivity index (χ4v) is 9.02. The first kappa shape index (κ1) is 38.3. The number of nitrogens with zero attached hydrogens (tertiary/aromatic N) is 2. The molecule has 0 atom stereocenters. The summed E-state index contributed by atoms with van der Waals surface area (Å²) in [6.07, 6.45) is 6.40. The van der Waals surface area contributed by atoms with Gasteiger partial charge in [0.1, 0.15) is 0 Å². The molecule has 0 saturated carbocycles. The van der Waals surface area contributed by atoms with Crippen molar-refractivity contribution in [3.8, 4) is 22.3 Å². The fraction of sp³-hybridized carbons (Fsp3) is 0.0333. The number of anilines is 5. The lowest BCUT2D eigenvalue weighted by molar-refractivity contribution is 1.20. The molecule has 0 aliphatic rings. The molecular weight excluding hydrogens is 749 g/mol. The van der Waals surface area contributed by atoms with Crippen LogP contribution in [0.5, 0.6) is 0 Å². The van der Waals surface area contributed by atoms with Crippen molar-refractivity contribution >= 4 is 71.5 Å². The zero-order chi connectivity index (χ0) is 42.0. The summed E-state index contributed by atoms with van der Waals surface area (Å²) in [7, 11) is 0. The molecule has 62 heavy (non-hydrogen) atoms. The molecule has 2 heteroatoms. The monoisotopic (exact) mass is 794 g/mol. The van der Waals surface area contributed by atoms with E-state index >= 15 is 0 Å². The minimum atomic E-state index is 0.992. The molecule has 0 saturated heterocycles. The van der Waals surface area contributed by atoms with Crippen LogP contribution in [0.3, 0.4) is 0 Å². The Bertz CT molecular complexity index is 3260. The van der Waals surface area contributed by atoms with E-state index in [2.05, 4.69) is 254 Å². The van der Waals surface area contributed by atoms with Gasteiger partial charge in [-0.15, -0.1) is 0 Å². The Hall–Kier alpha value is -7.94. The van der Waals surface area contributed by atoms with Crippen LogP contribution in [-0.2, 0) is 0 Å². The minimum Gasteiger partial charge on any atom is -0.310 e. The van der Waals surface area contributed by atoms with Crippen LogP contribution in [0.15, 0.2) is 248 Å². The van der Waals surface area contributed by atoms with Gasteiger partial charge in [0.05, 0.1) is 0 Å². The van der Waals surface area contributed by atoms with Gasteiger partial charge in [0, 0.05) is 34.1 Å². The van der Waals surface area contributed by atoms with Gasteiger partial charge in [-0.25, -0.2) is 0 Å². The van der Waals surface area contributed by atoms with Crippen LogP contribution in [0.4, 0.5) is 28.4 Å². The molecule has 0 aliphatic carbocycles. The summed E-state index contributed by atoms with van der Waals surface area (Å²) in [5.41, 5.74) is 12.4. The summed E-state index contributed by atoms with van der Waals surface area (Å²) >= 11 is 0. The van der Waals surface area contributed by atoms with Gasteiger partial charge >= 0.3 is 0 Å². The van der Waals surface area contributed by atoms with Crippen molar-refractivity contribution < 1.29 is 0 Å². The number of fused-ring (bicyclic) bond motifs is 4. The topological polar surface area (TPSA) is 6.48 Å². The molecule has 0 fully saturated rings. The van der Waals surface area contributed by atoms with Gasteiger partial charge < -0.3 is 9.80 Å². The third-order valence-electron chi connectivity index (χ3n) is 11.7. The van der Waals surface area contributed by atoms with E-state index in [0.717, 1.165) is 39.7 Å². The van der Waals surface area contributed by atoms with E-state index in [1.165, 1.54) is 65.3 Å². The van der Waals surface area contributed by atoms with Crippen molar-refractivity contribution in [1.29, 1.82) is 0 Å². The van der Waals surface area contributed by atoms with Crippen molar-refractivity contribution in [3.05, 3.63) is 248 Å². The smallest absolute Gasteiger partial charge is 0.0468 e. The van der Waals surface area contributed by atoms with Crippen LogP contribution in [0.2, 0.25) is 0 Å². The average Bonchev–Trinajstić information content (AvgIpc) is 3.32. The Morgan fingerprint density at radius 2 is 0.806 bits per heavy atom. The Kier molecular flexibility index (Phi) is 10.3. The highest BCUT2D eigenvalue weighted by Gasteiger charge is 2.20. The van der Waals surface area contributed by atoms with Crippen LogP contribution in [0.1, 0.15) is 13.8 Å². The minimum absolute atomic E-state index is 0.992. The molecule has 0 spiro atoms. The van der Waals surface area contributed by atoms with E-state index in [1.807, 2.05) is 6.92 Å². The van der Waals surface area contributed by atoms with E-state index in [0.29, 0.717) is 0 Å². The maximum Gasteiger partial charge on any atom is 0.0468 e. The van der Waals surface area contributed by atoms with Gasteiger partial charge in [-0.05, 0) is 152 Å². The van der Waals surface area contributed by atoms with Crippen LogP contribution in [0.25, 0.3) is 65.3 Å². The molecule has 0 amide bonds. The number of hydrogen-bond donors (Lipinski definition) is 0. The molecule has 296 valence electrons. The fourth-order valence-electron chi connectivity index (χ4n) is 9.02. The lowest BCUT2D eigenvalue weighted by atomic mass is 9.86. The SMILES string of the molecule is C=C(C)C=C(C=CC)N(c1ccc(-c2c3ccccc3c(-c3ccc(N(c4ccccc4)c4ccc5ccccc5c4)cc3)c3ccccc23)cc1)c1ccc2ccccc2c1. The van der Waals surface area contributed by atoms with Crippen molar-refractivity contribution in [2.45, 2.75) is 13.8 Å². The van der Waals surface area contributed by atoms with Crippen molar-refractivity contribution in [2.75, 3.05) is 9.80 Å². The normalized spacial score (nSPS) is 11.8. The highest BCUT2D eigenvalue weighted by Crippen LogP contribution is 2.45. The van der Waals surface area contributed by atoms with Gasteiger partial charge in [-0.2, -0.15) is 0 Å². The Morgan fingerprint density at radius 3 is 1.31 bits per heavy atom. The number of rotatable bonds is 10. The molecule has 0 unspecified atom stereocenters. The summed E-state index contributed by atoms with van der Waals surface area (Å²) in [4.78, 5) is 4.67. The second-order valence-electron chi connectivity index (χ2n) is 15.9. The van der Waals surface area contributed by atoms with Gasteiger partial charge in [-0.1, -0.05) is 170 Å². The number of benzene rings is 10. The Morgan fingerprint density at radius 1 is 0.403 bits per heavy atom. The molecular formula is C60H46N2. The quantitative estimate of drug-likeness (QED) is 0.100. The summed E-state index contributed by atoms with van der Waals surface area (Å²) in [6.45, 7) is 8.35. The maximum absolute atomic E-state index is 4.24. The van der Waals surface area contributed by atoms with E-state index in [-0.39, 0.29) is 0 Å². The van der Waals surface area contributed by atoms with Crippen LogP contribution < -0.4 is 9.80 Å². The van der Waals surface area contributed by atoms with E-state index < -0.39 is 0 Å². The lowest BCUT2D eigenvalue weighted by Gasteiger charge is -2.27. The molecule has 10 aromatic carbocycles. The summed E-state index contributed by atoms with van der Waals surface area (Å²) in [5.74, 6) is 0. The third kappa shape index (κ3) is 7.23. The predicted molar refractivity (Wildman–Crippen MR) is 268 cm³/mol. The Labute approximate surface area is 364 Å².